The van der Waals surface area contributed by atoms with Crippen molar-refractivity contribution in [3.8, 4) is 11.8 Å². The molecule has 2 aromatic carbocycles. The van der Waals surface area contributed by atoms with Crippen molar-refractivity contribution >= 4 is 11.6 Å². The fourth-order valence-electron chi connectivity index (χ4n) is 3.54. The molecule has 172 valence electrons. The maximum absolute atomic E-state index is 14.0. The number of nitriles is 1. The number of pyridine rings is 1. The highest BCUT2D eigenvalue weighted by molar-refractivity contribution is 5.94. The number of hydrogen-bond donors (Lipinski definition) is 1. The maximum Gasteiger partial charge on any atom is 0.293 e. The third-order valence-corrected chi connectivity index (χ3v) is 5.18. The number of aryl methyl sites for hydroxylation is 2. The first-order valence-electron chi connectivity index (χ1n) is 10.3. The Labute approximate surface area is 194 Å². The Balaban J connectivity index is 1.56. The van der Waals surface area contributed by atoms with Gasteiger partial charge in [-0.15, -0.1) is 0 Å². The number of rotatable bonds is 7. The molecule has 2 heterocycles. The number of imidazole rings is 1. The zero-order valence-electron chi connectivity index (χ0n) is 18.4. The van der Waals surface area contributed by atoms with Gasteiger partial charge in [-0.1, -0.05) is 24.3 Å². The molecule has 0 saturated carbocycles. The molecule has 0 bridgehead atoms. The first-order chi connectivity index (χ1) is 16.4. The quantitative estimate of drug-likeness (QED) is 0.408. The number of nitrogens with one attached hydrogen (secondary N) is 1. The van der Waals surface area contributed by atoms with Crippen molar-refractivity contribution in [2.24, 2.45) is 0 Å². The van der Waals surface area contributed by atoms with Gasteiger partial charge in [0, 0.05) is 6.20 Å². The van der Waals surface area contributed by atoms with Crippen molar-refractivity contribution < 1.29 is 23.1 Å². The minimum atomic E-state index is -0.710. The van der Waals surface area contributed by atoms with Crippen LogP contribution in [0.1, 0.15) is 38.4 Å². The van der Waals surface area contributed by atoms with Crippen LogP contribution in [-0.4, -0.2) is 15.3 Å². The number of carbonyl (C=O) groups is 1. The second kappa shape index (κ2) is 9.68. The second-order valence-electron chi connectivity index (χ2n) is 7.60. The Morgan fingerprint density at radius 3 is 2.59 bits per heavy atom. The molecular weight excluding hydrogens is 442 g/mol. The molecule has 9 heteroatoms. The Bertz CT molecular complexity index is 1410. The van der Waals surface area contributed by atoms with Gasteiger partial charge in [-0.25, -0.2) is 19.2 Å². The van der Waals surface area contributed by atoms with Crippen molar-refractivity contribution in [2.45, 2.75) is 27.1 Å². The van der Waals surface area contributed by atoms with Crippen molar-refractivity contribution in [1.29, 1.82) is 5.26 Å². The number of ether oxygens (including phenoxy) is 1. The van der Waals surface area contributed by atoms with Crippen molar-refractivity contribution in [1.82, 2.24) is 14.9 Å². The van der Waals surface area contributed by atoms with Gasteiger partial charge in [-0.3, -0.25) is 14.0 Å². The van der Waals surface area contributed by atoms with E-state index in [9.17, 15) is 18.8 Å². The summed E-state index contributed by atoms with van der Waals surface area (Å²) in [6, 6.07) is 14.2. The zero-order chi connectivity index (χ0) is 24.2. The monoisotopic (exact) mass is 462 g/mol. The molecule has 0 radical (unpaired) electrons. The number of hydrogen-bond acceptors (Lipinski definition) is 5. The maximum atomic E-state index is 14.0. The standard InChI is InChI=1S/C25H20F2N4O3/c1-15-10-22(33-14-19-20(26)8-5-9-21(19)27)24-29-16(2)23(31(24)12-15)25(32)30-34-13-18-7-4-3-6-17(18)11-28/h3-10,12H,13-14H2,1-2H3,(H,30,32). The highest BCUT2D eigenvalue weighted by Gasteiger charge is 2.20. The van der Waals surface area contributed by atoms with Gasteiger partial charge in [0.2, 0.25) is 0 Å². The minimum absolute atomic E-state index is 0.00680. The molecule has 1 amide bonds. The number of amides is 1. The van der Waals surface area contributed by atoms with Crippen molar-refractivity contribution in [2.75, 3.05) is 0 Å². The lowest BCUT2D eigenvalue weighted by Crippen LogP contribution is -2.25. The largest absolute Gasteiger partial charge is 0.485 e. The fraction of sp³-hybridized carbons (Fsp3) is 0.160. The molecule has 4 rings (SSSR count). The van der Waals surface area contributed by atoms with Crippen LogP contribution in [0.4, 0.5) is 8.78 Å². The Morgan fingerprint density at radius 2 is 1.85 bits per heavy atom. The van der Waals surface area contributed by atoms with Crippen LogP contribution >= 0.6 is 0 Å². The number of hydroxylamine groups is 1. The predicted octanol–water partition coefficient (Wildman–Crippen LogP) is 4.54. The number of fused-ring (bicyclic) bond motifs is 1. The van der Waals surface area contributed by atoms with Crippen LogP contribution in [0.3, 0.4) is 0 Å². The first kappa shape index (κ1) is 22.9. The predicted molar refractivity (Wildman–Crippen MR) is 119 cm³/mol. The lowest BCUT2D eigenvalue weighted by atomic mass is 10.1. The van der Waals surface area contributed by atoms with E-state index in [1.54, 1.807) is 54.8 Å². The third kappa shape index (κ3) is 4.58. The molecule has 0 saturated heterocycles. The highest BCUT2D eigenvalue weighted by Crippen LogP contribution is 2.26. The van der Waals surface area contributed by atoms with Gasteiger partial charge < -0.3 is 4.74 Å². The Morgan fingerprint density at radius 1 is 1.12 bits per heavy atom. The normalized spacial score (nSPS) is 10.8. The van der Waals surface area contributed by atoms with Gasteiger partial charge in [-0.05, 0) is 49.2 Å². The summed E-state index contributed by atoms with van der Waals surface area (Å²) in [6.45, 7) is 3.12. The van der Waals surface area contributed by atoms with Crippen molar-refractivity contribution in [3.63, 3.8) is 0 Å². The van der Waals surface area contributed by atoms with Crippen LogP contribution in [0.25, 0.3) is 5.65 Å². The average molecular weight is 462 g/mol. The second-order valence-corrected chi connectivity index (χ2v) is 7.60. The molecule has 4 aromatic rings. The molecule has 34 heavy (non-hydrogen) atoms. The first-order valence-corrected chi connectivity index (χ1v) is 10.3. The summed E-state index contributed by atoms with van der Waals surface area (Å²) < 4.78 is 35.2. The van der Waals surface area contributed by atoms with E-state index in [1.807, 2.05) is 0 Å². The summed E-state index contributed by atoms with van der Waals surface area (Å²) in [5.41, 5.74) is 4.95. The number of carbonyl (C=O) groups excluding carboxylic acids is 1. The number of halogens is 2. The highest BCUT2D eigenvalue weighted by atomic mass is 19.1. The van der Waals surface area contributed by atoms with Crippen LogP contribution < -0.4 is 10.2 Å². The molecule has 0 spiro atoms. The van der Waals surface area contributed by atoms with Gasteiger partial charge >= 0.3 is 0 Å². The number of nitrogens with zero attached hydrogens (tertiary/aromatic N) is 3. The summed E-state index contributed by atoms with van der Waals surface area (Å²) in [7, 11) is 0. The molecule has 0 unspecified atom stereocenters. The van der Waals surface area contributed by atoms with Crippen LogP contribution in [0.2, 0.25) is 0 Å². The smallest absolute Gasteiger partial charge is 0.293 e. The summed E-state index contributed by atoms with van der Waals surface area (Å²) in [6.07, 6.45) is 1.70. The minimum Gasteiger partial charge on any atom is -0.485 e. The summed E-state index contributed by atoms with van der Waals surface area (Å²) in [4.78, 5) is 22.6. The molecule has 0 fully saturated rings. The molecule has 1 N–H and O–H groups in total. The van der Waals surface area contributed by atoms with E-state index in [4.69, 9.17) is 9.57 Å². The number of aromatic nitrogens is 2. The topological polar surface area (TPSA) is 88.7 Å². The van der Waals surface area contributed by atoms with Crippen LogP contribution in [0, 0.1) is 36.8 Å². The lowest BCUT2D eigenvalue weighted by Gasteiger charge is -2.11. The van der Waals surface area contributed by atoms with Gasteiger partial charge in [0.1, 0.15) is 30.5 Å². The number of benzene rings is 2. The van der Waals surface area contributed by atoms with E-state index >= 15 is 0 Å². The van der Waals surface area contributed by atoms with Gasteiger partial charge in [0.25, 0.3) is 5.91 Å². The Kier molecular flexibility index (Phi) is 6.52. The summed E-state index contributed by atoms with van der Waals surface area (Å²) in [5, 5.41) is 9.17. The molecule has 2 aromatic heterocycles. The molecule has 7 nitrogen and oxygen atoms in total. The van der Waals surface area contributed by atoms with E-state index in [-0.39, 0.29) is 30.2 Å². The molecular formula is C25H20F2N4O3. The van der Waals surface area contributed by atoms with E-state index < -0.39 is 17.5 Å². The van der Waals surface area contributed by atoms with E-state index in [2.05, 4.69) is 16.5 Å². The van der Waals surface area contributed by atoms with Gasteiger partial charge in [-0.2, -0.15) is 5.26 Å². The Hall–Kier alpha value is -4.29. The van der Waals surface area contributed by atoms with Crippen LogP contribution in [-0.2, 0) is 18.1 Å². The zero-order valence-corrected chi connectivity index (χ0v) is 18.4. The van der Waals surface area contributed by atoms with E-state index in [1.165, 1.54) is 6.07 Å². The SMILES string of the molecule is Cc1cc(OCc2c(F)cccc2F)c2nc(C)c(C(=O)NOCc3ccccc3C#N)n2c1. The summed E-state index contributed by atoms with van der Waals surface area (Å²) >= 11 is 0. The molecule has 0 aliphatic rings. The summed E-state index contributed by atoms with van der Waals surface area (Å²) in [5.74, 6) is -1.69. The molecule has 0 aliphatic heterocycles. The van der Waals surface area contributed by atoms with Crippen LogP contribution in [0.15, 0.2) is 54.7 Å². The lowest BCUT2D eigenvalue weighted by molar-refractivity contribution is 0.0227. The fourth-order valence-corrected chi connectivity index (χ4v) is 3.54. The third-order valence-electron chi connectivity index (χ3n) is 5.18. The van der Waals surface area contributed by atoms with Crippen molar-refractivity contribution in [3.05, 3.63) is 100 Å². The average Bonchev–Trinajstić information content (AvgIpc) is 3.14. The molecule has 0 atom stereocenters. The van der Waals surface area contributed by atoms with Gasteiger partial charge in [0.05, 0.1) is 22.9 Å². The van der Waals surface area contributed by atoms with Gasteiger partial charge in [0.15, 0.2) is 11.4 Å². The van der Waals surface area contributed by atoms with E-state index in [0.717, 1.165) is 17.7 Å². The van der Waals surface area contributed by atoms with E-state index in [0.29, 0.717) is 22.5 Å². The molecule has 0 aliphatic carbocycles. The van der Waals surface area contributed by atoms with Crippen LogP contribution in [0.5, 0.6) is 5.75 Å².